The Morgan fingerprint density at radius 2 is 2.10 bits per heavy atom. The van der Waals surface area contributed by atoms with Gasteiger partial charge in [-0.05, 0) is 26.3 Å². The van der Waals surface area contributed by atoms with Gasteiger partial charge in [0, 0.05) is 12.1 Å². The molecule has 2 aromatic rings. The third kappa shape index (κ3) is 3.78. The van der Waals surface area contributed by atoms with Gasteiger partial charge in [-0.2, -0.15) is 5.10 Å². The maximum Gasteiger partial charge on any atom is 0.233 e. The van der Waals surface area contributed by atoms with E-state index in [1.165, 1.54) is 0 Å². The normalized spacial score (nSPS) is 10.3. The van der Waals surface area contributed by atoms with Crippen LogP contribution in [0.4, 0.5) is 5.82 Å². The Hall–Kier alpha value is -2.44. The van der Waals surface area contributed by atoms with Crippen molar-refractivity contribution in [3.8, 4) is 5.88 Å². The van der Waals surface area contributed by atoms with Crippen molar-refractivity contribution in [2.75, 3.05) is 11.9 Å². The van der Waals surface area contributed by atoms with Crippen molar-refractivity contribution < 1.29 is 14.1 Å². The molecule has 1 amide bonds. The van der Waals surface area contributed by atoms with Crippen LogP contribution in [0.15, 0.2) is 16.7 Å². The van der Waals surface area contributed by atoms with Crippen molar-refractivity contribution in [3.63, 3.8) is 0 Å². The molecular weight excluding hydrogens is 260 g/mol. The minimum absolute atomic E-state index is 0.195. The number of anilines is 1. The van der Waals surface area contributed by atoms with E-state index < -0.39 is 0 Å². The van der Waals surface area contributed by atoms with E-state index in [1.807, 2.05) is 13.8 Å². The highest BCUT2D eigenvalue weighted by Crippen LogP contribution is 2.11. The van der Waals surface area contributed by atoms with Crippen molar-refractivity contribution in [3.05, 3.63) is 29.2 Å². The van der Waals surface area contributed by atoms with E-state index in [2.05, 4.69) is 20.7 Å². The predicted octanol–water partition coefficient (Wildman–Crippen LogP) is 1.80. The second kappa shape index (κ2) is 6.14. The quantitative estimate of drug-likeness (QED) is 0.895. The van der Waals surface area contributed by atoms with Crippen LogP contribution < -0.4 is 10.1 Å². The average molecular weight is 276 g/mol. The first kappa shape index (κ1) is 14.0. The molecule has 106 valence electrons. The molecule has 2 rings (SSSR count). The van der Waals surface area contributed by atoms with E-state index in [9.17, 15) is 4.79 Å². The fourth-order valence-corrected chi connectivity index (χ4v) is 1.47. The molecule has 0 saturated carbocycles. The topological polar surface area (TPSA) is 90.1 Å². The van der Waals surface area contributed by atoms with Crippen LogP contribution >= 0.6 is 0 Å². The van der Waals surface area contributed by atoms with Crippen molar-refractivity contribution >= 4 is 11.7 Å². The van der Waals surface area contributed by atoms with Crippen LogP contribution in [-0.4, -0.2) is 27.9 Å². The van der Waals surface area contributed by atoms with Crippen LogP contribution in [-0.2, 0) is 4.79 Å². The highest BCUT2D eigenvalue weighted by Gasteiger charge is 2.07. The second-order valence-corrected chi connectivity index (χ2v) is 4.42. The molecule has 0 spiro atoms. The van der Waals surface area contributed by atoms with E-state index >= 15 is 0 Å². The van der Waals surface area contributed by atoms with E-state index in [0.29, 0.717) is 17.5 Å². The summed E-state index contributed by atoms with van der Waals surface area (Å²) in [5, 5.41) is 14.1. The summed E-state index contributed by atoms with van der Waals surface area (Å²) in [7, 11) is 0. The molecule has 0 aliphatic carbocycles. The highest BCUT2D eigenvalue weighted by molar-refractivity contribution is 5.89. The zero-order valence-corrected chi connectivity index (χ0v) is 11.6. The van der Waals surface area contributed by atoms with Gasteiger partial charge in [-0.1, -0.05) is 5.16 Å². The van der Waals surface area contributed by atoms with Crippen molar-refractivity contribution in [1.29, 1.82) is 0 Å². The minimum atomic E-state index is -0.199. The molecule has 0 fully saturated rings. The minimum Gasteiger partial charge on any atom is -0.476 e. The number of carbonyl (C=O) groups excluding carboxylic acids is 1. The van der Waals surface area contributed by atoms with Gasteiger partial charge < -0.3 is 14.6 Å². The zero-order chi connectivity index (χ0) is 14.5. The third-order valence-corrected chi connectivity index (χ3v) is 2.68. The smallest absolute Gasteiger partial charge is 0.233 e. The molecule has 2 heterocycles. The summed E-state index contributed by atoms with van der Waals surface area (Å²) in [5.41, 5.74) is 1.86. The summed E-state index contributed by atoms with van der Waals surface area (Å²) < 4.78 is 10.2. The lowest BCUT2D eigenvalue weighted by Gasteiger charge is -2.06. The van der Waals surface area contributed by atoms with Gasteiger partial charge in [-0.15, -0.1) is 5.10 Å². The molecule has 7 heteroatoms. The van der Waals surface area contributed by atoms with E-state index in [1.54, 1.807) is 19.1 Å². The molecule has 0 bridgehead atoms. The molecular formula is C13H16N4O3. The Morgan fingerprint density at radius 1 is 1.30 bits per heavy atom. The number of hydrogen-bond donors (Lipinski definition) is 1. The highest BCUT2D eigenvalue weighted by atomic mass is 16.5. The summed E-state index contributed by atoms with van der Waals surface area (Å²) >= 11 is 0. The van der Waals surface area contributed by atoms with Gasteiger partial charge in [0.15, 0.2) is 5.82 Å². The number of ether oxygens (including phenoxy) is 1. The number of nitrogens with one attached hydrogen (secondary N) is 1. The lowest BCUT2D eigenvalue weighted by atomic mass is 10.2. The SMILES string of the molecule is Cc1cc(NC(=O)CCOc2cc(C)c(C)nn2)no1. The van der Waals surface area contributed by atoms with Gasteiger partial charge in [-0.3, -0.25) is 4.79 Å². The number of nitrogens with zero attached hydrogens (tertiary/aromatic N) is 3. The van der Waals surface area contributed by atoms with Crippen LogP contribution in [0, 0.1) is 20.8 Å². The molecule has 0 radical (unpaired) electrons. The van der Waals surface area contributed by atoms with E-state index in [4.69, 9.17) is 9.26 Å². The lowest BCUT2D eigenvalue weighted by molar-refractivity contribution is -0.116. The third-order valence-electron chi connectivity index (χ3n) is 2.68. The fraction of sp³-hybridized carbons (Fsp3) is 0.385. The number of aryl methyl sites for hydroxylation is 3. The van der Waals surface area contributed by atoms with Crippen LogP contribution in [0.25, 0.3) is 0 Å². The largest absolute Gasteiger partial charge is 0.476 e. The predicted molar refractivity (Wildman–Crippen MR) is 71.5 cm³/mol. The van der Waals surface area contributed by atoms with Gasteiger partial charge in [-0.25, -0.2) is 0 Å². The summed E-state index contributed by atoms with van der Waals surface area (Å²) in [6, 6.07) is 3.44. The van der Waals surface area contributed by atoms with Gasteiger partial charge >= 0.3 is 0 Å². The van der Waals surface area contributed by atoms with Crippen molar-refractivity contribution in [1.82, 2.24) is 15.4 Å². The first-order valence-corrected chi connectivity index (χ1v) is 6.21. The number of aromatic nitrogens is 3. The van der Waals surface area contributed by atoms with Crippen LogP contribution in [0.1, 0.15) is 23.4 Å². The van der Waals surface area contributed by atoms with Gasteiger partial charge in [0.05, 0.1) is 18.7 Å². The van der Waals surface area contributed by atoms with E-state index in [-0.39, 0.29) is 18.9 Å². The molecule has 20 heavy (non-hydrogen) atoms. The van der Waals surface area contributed by atoms with Gasteiger partial charge in [0.25, 0.3) is 0 Å². The molecule has 0 aliphatic rings. The van der Waals surface area contributed by atoms with Crippen LogP contribution in [0.5, 0.6) is 5.88 Å². The summed E-state index contributed by atoms with van der Waals surface area (Å²) in [6.07, 6.45) is 0.195. The van der Waals surface area contributed by atoms with Crippen molar-refractivity contribution in [2.24, 2.45) is 0 Å². The van der Waals surface area contributed by atoms with Gasteiger partial charge in [0.2, 0.25) is 11.8 Å². The Balaban J connectivity index is 1.77. The Morgan fingerprint density at radius 3 is 2.75 bits per heavy atom. The molecule has 1 N–H and O–H groups in total. The monoisotopic (exact) mass is 276 g/mol. The van der Waals surface area contributed by atoms with Gasteiger partial charge in [0.1, 0.15) is 5.76 Å². The Bertz CT molecular complexity index is 609. The Kier molecular flexibility index (Phi) is 4.29. The standard InChI is InChI=1S/C13H16N4O3/c1-8-6-13(16-15-10(8)3)19-5-4-12(18)14-11-7-9(2)20-17-11/h6-7H,4-5H2,1-3H3,(H,14,17,18). The first-order valence-electron chi connectivity index (χ1n) is 6.21. The lowest BCUT2D eigenvalue weighted by Crippen LogP contribution is -2.15. The number of carbonyl (C=O) groups is 1. The maximum absolute atomic E-state index is 11.6. The molecule has 0 aliphatic heterocycles. The molecule has 0 atom stereocenters. The fourth-order valence-electron chi connectivity index (χ4n) is 1.47. The molecule has 0 unspecified atom stereocenters. The number of hydrogen-bond acceptors (Lipinski definition) is 6. The van der Waals surface area contributed by atoms with Crippen molar-refractivity contribution in [2.45, 2.75) is 27.2 Å². The number of rotatable bonds is 5. The summed E-state index contributed by atoms with van der Waals surface area (Å²) in [5.74, 6) is 1.26. The Labute approximate surface area is 116 Å². The second-order valence-electron chi connectivity index (χ2n) is 4.42. The van der Waals surface area contributed by atoms with E-state index in [0.717, 1.165) is 11.3 Å². The molecule has 2 aromatic heterocycles. The molecule has 7 nitrogen and oxygen atoms in total. The first-order chi connectivity index (χ1) is 9.54. The van der Waals surface area contributed by atoms with Crippen LogP contribution in [0.3, 0.4) is 0 Å². The molecule has 0 saturated heterocycles. The summed E-state index contributed by atoms with van der Waals surface area (Å²) in [4.78, 5) is 11.6. The zero-order valence-electron chi connectivity index (χ0n) is 11.6. The summed E-state index contributed by atoms with van der Waals surface area (Å²) in [6.45, 7) is 5.78. The molecule has 0 aromatic carbocycles. The van der Waals surface area contributed by atoms with Crippen LogP contribution in [0.2, 0.25) is 0 Å². The number of amides is 1. The average Bonchev–Trinajstić information content (AvgIpc) is 2.79. The maximum atomic E-state index is 11.6.